The van der Waals surface area contributed by atoms with Gasteiger partial charge in [-0.3, -0.25) is 0 Å². The van der Waals surface area contributed by atoms with Gasteiger partial charge in [0.05, 0.1) is 56.1 Å². The topological polar surface area (TPSA) is 38.6 Å². The lowest BCUT2D eigenvalue weighted by Crippen LogP contribution is -2.00. The summed E-state index contributed by atoms with van der Waals surface area (Å²) in [6.45, 7) is 0. The van der Waals surface area contributed by atoms with Crippen LogP contribution >= 0.6 is 0 Å². The van der Waals surface area contributed by atoms with Gasteiger partial charge in [-0.2, -0.15) is 5.26 Å². The summed E-state index contributed by atoms with van der Waals surface area (Å²) in [5.74, 6) is 0. The van der Waals surface area contributed by atoms with Crippen LogP contribution in [0.25, 0.3) is 127 Å². The van der Waals surface area contributed by atoms with Crippen molar-refractivity contribution in [3.05, 3.63) is 260 Å². The van der Waals surface area contributed by atoms with Crippen molar-refractivity contribution in [2.24, 2.45) is 0 Å². The zero-order valence-electron chi connectivity index (χ0n) is 38.5. The lowest BCUT2D eigenvalue weighted by Gasteiger charge is -2.17. The number of rotatable bonds is 7. The van der Waals surface area contributed by atoms with Gasteiger partial charge in [-0.1, -0.05) is 194 Å². The van der Waals surface area contributed by atoms with Crippen LogP contribution < -0.4 is 0 Å². The lowest BCUT2D eigenvalue weighted by atomic mass is 9.96. The second-order valence-electron chi connectivity index (χ2n) is 18.3. The Bertz CT molecular complexity index is 4430. The molecule has 0 aliphatic rings. The van der Waals surface area contributed by atoms with Gasteiger partial charge in [0.25, 0.3) is 0 Å². The molecule has 330 valence electrons. The van der Waals surface area contributed by atoms with Gasteiger partial charge >= 0.3 is 0 Å². The summed E-state index contributed by atoms with van der Waals surface area (Å²) >= 11 is 0. The van der Waals surface area contributed by atoms with Crippen molar-refractivity contribution in [1.29, 1.82) is 5.26 Å². The Hall–Kier alpha value is -9.69. The fourth-order valence-corrected chi connectivity index (χ4v) is 11.4. The van der Waals surface area contributed by atoms with E-state index in [2.05, 4.69) is 268 Å². The van der Waals surface area contributed by atoms with E-state index >= 15 is 0 Å². The molecular formula is C67H42N4. The second kappa shape index (κ2) is 16.2. The molecular weight excluding hydrogens is 861 g/mol. The number of fused-ring (bicyclic) bond motifs is 10. The Balaban J connectivity index is 1.04. The van der Waals surface area contributed by atoms with Gasteiger partial charge in [0.2, 0.25) is 0 Å². The van der Waals surface area contributed by atoms with Crippen LogP contribution in [0.1, 0.15) is 5.56 Å². The second-order valence-corrected chi connectivity index (χ2v) is 18.3. The first-order valence-corrected chi connectivity index (χ1v) is 24.2. The largest absolute Gasteiger partial charge is 0.309 e. The normalized spacial score (nSPS) is 11.6. The van der Waals surface area contributed by atoms with E-state index in [-0.39, 0.29) is 0 Å². The number of hydrogen-bond acceptors (Lipinski definition) is 1. The lowest BCUT2D eigenvalue weighted by molar-refractivity contribution is 1.17. The van der Waals surface area contributed by atoms with Crippen LogP contribution in [-0.2, 0) is 0 Å². The molecule has 0 amide bonds. The summed E-state index contributed by atoms with van der Waals surface area (Å²) in [6, 6.07) is 94.0. The highest BCUT2D eigenvalue weighted by Crippen LogP contribution is 2.47. The fraction of sp³-hybridized carbons (Fsp3) is 0. The third kappa shape index (κ3) is 6.31. The van der Waals surface area contributed by atoms with Crippen molar-refractivity contribution in [3.63, 3.8) is 0 Å². The Morgan fingerprint density at radius 3 is 1.44 bits per heavy atom. The minimum absolute atomic E-state index is 0.600. The summed E-state index contributed by atoms with van der Waals surface area (Å²) in [5, 5.41) is 17.6. The number of nitriles is 1. The average molecular weight is 903 g/mol. The Morgan fingerprint density at radius 2 is 0.775 bits per heavy atom. The zero-order chi connectivity index (χ0) is 47.0. The molecule has 0 aliphatic heterocycles. The number of nitrogens with zero attached hydrogens (tertiary/aromatic N) is 4. The summed E-state index contributed by atoms with van der Waals surface area (Å²) in [5.41, 5.74) is 19.6. The molecule has 14 rings (SSSR count). The van der Waals surface area contributed by atoms with Crippen LogP contribution in [0, 0.1) is 11.3 Å². The monoisotopic (exact) mass is 902 g/mol. The third-order valence-electron chi connectivity index (χ3n) is 14.5. The minimum Gasteiger partial charge on any atom is -0.309 e. The maximum Gasteiger partial charge on any atom is 0.0992 e. The summed E-state index contributed by atoms with van der Waals surface area (Å²) in [4.78, 5) is 0. The fourth-order valence-electron chi connectivity index (χ4n) is 11.4. The summed E-state index contributed by atoms with van der Waals surface area (Å²) in [6.07, 6.45) is 0. The van der Waals surface area contributed by atoms with Gasteiger partial charge in [0, 0.05) is 49.1 Å². The van der Waals surface area contributed by atoms with E-state index in [0.717, 1.165) is 99.5 Å². The molecule has 14 aromatic rings. The first-order valence-electron chi connectivity index (χ1n) is 24.2. The molecule has 0 atom stereocenters. The van der Waals surface area contributed by atoms with Crippen molar-refractivity contribution in [3.8, 4) is 67.6 Å². The molecule has 0 radical (unpaired) electrons. The highest BCUT2D eigenvalue weighted by Gasteiger charge is 2.25. The van der Waals surface area contributed by atoms with Crippen LogP contribution in [0.15, 0.2) is 255 Å². The van der Waals surface area contributed by atoms with Gasteiger partial charge < -0.3 is 13.7 Å². The number of benzene rings is 11. The quantitative estimate of drug-likeness (QED) is 0.157. The summed E-state index contributed by atoms with van der Waals surface area (Å²) in [7, 11) is 0. The summed E-state index contributed by atoms with van der Waals surface area (Å²) < 4.78 is 7.29. The minimum atomic E-state index is 0.600. The van der Waals surface area contributed by atoms with Gasteiger partial charge in [0.15, 0.2) is 0 Å². The van der Waals surface area contributed by atoms with Crippen molar-refractivity contribution < 1.29 is 0 Å². The highest BCUT2D eigenvalue weighted by molar-refractivity contribution is 6.26. The molecule has 0 saturated carbocycles. The van der Waals surface area contributed by atoms with E-state index in [4.69, 9.17) is 0 Å². The van der Waals surface area contributed by atoms with Crippen LogP contribution in [0.3, 0.4) is 0 Å². The Kier molecular flexibility index (Phi) is 9.23. The Labute approximate surface area is 410 Å². The van der Waals surface area contributed by atoms with E-state index < -0.39 is 0 Å². The standard InChI is InChI=1S/C67H42N4/c68-43-44-31-37-53(54-26-16-30-61-65(54)56-24-11-14-28-59(56)70(61)64-42-49(46-19-6-2-7-20-46)34-38-51(64)48-21-8-3-9-22-48)63(41-44)71-60-29-15-12-25-57(60)66-62(71)40-39-55-52-23-10-13-27-58(52)69(67(55)66)50-35-32-47(33-36-50)45-17-4-1-5-18-45/h1-42H. The molecule has 71 heavy (non-hydrogen) atoms. The van der Waals surface area contributed by atoms with Crippen LogP contribution in [0.4, 0.5) is 0 Å². The van der Waals surface area contributed by atoms with E-state index in [0.29, 0.717) is 5.56 Å². The van der Waals surface area contributed by atoms with E-state index in [1.807, 2.05) is 6.07 Å². The first kappa shape index (κ1) is 40.4. The van der Waals surface area contributed by atoms with Gasteiger partial charge in [-0.05, 0) is 94.0 Å². The highest BCUT2D eigenvalue weighted by atomic mass is 15.0. The molecule has 0 fully saturated rings. The third-order valence-corrected chi connectivity index (χ3v) is 14.5. The maximum absolute atomic E-state index is 10.6. The van der Waals surface area contributed by atoms with Crippen molar-refractivity contribution in [2.75, 3.05) is 0 Å². The number of aromatic nitrogens is 3. The molecule has 3 aromatic heterocycles. The smallest absolute Gasteiger partial charge is 0.0992 e. The predicted octanol–water partition coefficient (Wildman–Crippen LogP) is 17.5. The maximum atomic E-state index is 10.6. The van der Waals surface area contributed by atoms with Crippen molar-refractivity contribution in [1.82, 2.24) is 13.7 Å². The van der Waals surface area contributed by atoms with Crippen LogP contribution in [-0.4, -0.2) is 13.7 Å². The molecule has 3 heterocycles. The molecule has 4 nitrogen and oxygen atoms in total. The predicted molar refractivity (Wildman–Crippen MR) is 296 cm³/mol. The molecule has 0 saturated heterocycles. The number of hydrogen-bond donors (Lipinski definition) is 0. The van der Waals surface area contributed by atoms with E-state index in [1.54, 1.807) is 0 Å². The molecule has 0 spiro atoms. The van der Waals surface area contributed by atoms with Gasteiger partial charge in [-0.25, -0.2) is 0 Å². The van der Waals surface area contributed by atoms with Crippen LogP contribution in [0.5, 0.6) is 0 Å². The number of para-hydroxylation sites is 3. The molecule has 0 N–H and O–H groups in total. The molecule has 4 heteroatoms. The van der Waals surface area contributed by atoms with Crippen LogP contribution in [0.2, 0.25) is 0 Å². The Morgan fingerprint density at radius 1 is 0.282 bits per heavy atom. The molecule has 11 aromatic carbocycles. The zero-order valence-corrected chi connectivity index (χ0v) is 38.5. The van der Waals surface area contributed by atoms with E-state index in [9.17, 15) is 5.26 Å². The van der Waals surface area contributed by atoms with Crippen molar-refractivity contribution >= 4 is 65.4 Å². The first-order chi connectivity index (χ1) is 35.2. The van der Waals surface area contributed by atoms with Gasteiger partial charge in [0.1, 0.15) is 0 Å². The SMILES string of the molecule is N#Cc1ccc(-c2cccc3c2c2ccccc2n3-c2cc(-c3ccccc3)ccc2-c2ccccc2)c(-n2c3ccccc3c3c2ccc2c4ccccc4n(-c4ccc(-c5ccccc5)cc4)c23)c1. The molecule has 0 unspecified atom stereocenters. The molecule has 0 bridgehead atoms. The molecule has 0 aliphatic carbocycles. The van der Waals surface area contributed by atoms with Crippen molar-refractivity contribution in [2.45, 2.75) is 0 Å². The van der Waals surface area contributed by atoms with E-state index in [1.165, 1.54) is 27.5 Å². The van der Waals surface area contributed by atoms with Gasteiger partial charge in [-0.15, -0.1) is 0 Å². The average Bonchev–Trinajstić information content (AvgIpc) is 4.09.